The first-order valence-electron chi connectivity index (χ1n) is 5.86. The van der Waals surface area contributed by atoms with Crippen LogP contribution in [0.4, 0.5) is 11.4 Å². The summed E-state index contributed by atoms with van der Waals surface area (Å²) in [4.78, 5) is 2.65. The quantitative estimate of drug-likeness (QED) is 0.795. The maximum Gasteiger partial charge on any atom is 0.0767 e. The Labute approximate surface area is 117 Å². The third-order valence-electron chi connectivity index (χ3n) is 2.95. The third kappa shape index (κ3) is 2.62. The van der Waals surface area contributed by atoms with E-state index in [4.69, 9.17) is 17.3 Å². The summed E-state index contributed by atoms with van der Waals surface area (Å²) in [6, 6.07) is 7.96. The summed E-state index contributed by atoms with van der Waals surface area (Å²) in [6.45, 7) is 6.39. The smallest absolute Gasteiger partial charge is 0.0767 e. The number of nitrogens with one attached hydrogen (secondary N) is 1. The fraction of sp³-hybridized carbons (Fsp3) is 0.286. The zero-order valence-electron chi connectivity index (χ0n) is 10.8. The van der Waals surface area contributed by atoms with Crippen molar-refractivity contribution < 1.29 is 0 Å². The van der Waals surface area contributed by atoms with Gasteiger partial charge in [0.1, 0.15) is 0 Å². The predicted molar refractivity (Wildman–Crippen MR) is 81.7 cm³/mol. The van der Waals surface area contributed by atoms with Crippen LogP contribution in [0.1, 0.15) is 28.3 Å². The van der Waals surface area contributed by atoms with E-state index in [2.05, 4.69) is 32.2 Å². The third-order valence-corrected chi connectivity index (χ3v) is 4.25. The van der Waals surface area contributed by atoms with Crippen molar-refractivity contribution in [2.45, 2.75) is 26.8 Å². The van der Waals surface area contributed by atoms with Gasteiger partial charge in [-0.25, -0.2) is 0 Å². The van der Waals surface area contributed by atoms with Gasteiger partial charge in [-0.2, -0.15) is 0 Å². The van der Waals surface area contributed by atoms with Crippen molar-refractivity contribution in [2.24, 2.45) is 0 Å². The number of nitrogens with two attached hydrogens (primary N) is 1. The Morgan fingerprint density at radius 1 is 1.33 bits per heavy atom. The van der Waals surface area contributed by atoms with Crippen molar-refractivity contribution in [3.05, 3.63) is 44.6 Å². The van der Waals surface area contributed by atoms with Gasteiger partial charge in [0.25, 0.3) is 0 Å². The van der Waals surface area contributed by atoms with Crippen molar-refractivity contribution >= 4 is 34.3 Å². The van der Waals surface area contributed by atoms with E-state index < -0.39 is 0 Å². The topological polar surface area (TPSA) is 38.0 Å². The van der Waals surface area contributed by atoms with Crippen molar-refractivity contribution in [3.8, 4) is 0 Å². The molecule has 2 rings (SSSR count). The summed E-state index contributed by atoms with van der Waals surface area (Å²) < 4.78 is 0. The van der Waals surface area contributed by atoms with Crippen molar-refractivity contribution in [1.82, 2.24) is 0 Å². The molecular weight excluding hydrogens is 264 g/mol. The Kier molecular flexibility index (Phi) is 3.83. The Balaban J connectivity index is 2.26. The maximum atomic E-state index is 6.17. The molecule has 0 aliphatic heterocycles. The van der Waals surface area contributed by atoms with Crippen molar-refractivity contribution in [1.29, 1.82) is 0 Å². The van der Waals surface area contributed by atoms with E-state index in [1.807, 2.05) is 29.5 Å². The molecule has 0 aliphatic rings. The van der Waals surface area contributed by atoms with Gasteiger partial charge in [0.15, 0.2) is 0 Å². The number of benzene rings is 1. The molecule has 1 aromatic carbocycles. The summed E-state index contributed by atoms with van der Waals surface area (Å²) in [5, 5.41) is 4.06. The molecule has 1 atom stereocenters. The Bertz CT molecular complexity index is 543. The lowest BCUT2D eigenvalue weighted by Crippen LogP contribution is -2.09. The second kappa shape index (κ2) is 5.21. The van der Waals surface area contributed by atoms with E-state index in [0.717, 1.165) is 5.69 Å². The van der Waals surface area contributed by atoms with E-state index in [9.17, 15) is 0 Å². The lowest BCUT2D eigenvalue weighted by atomic mass is 10.1. The van der Waals surface area contributed by atoms with Gasteiger partial charge in [-0.15, -0.1) is 11.3 Å². The number of aryl methyl sites for hydroxylation is 2. The van der Waals surface area contributed by atoms with Gasteiger partial charge in [-0.3, -0.25) is 0 Å². The second-order valence-electron chi connectivity index (χ2n) is 4.44. The van der Waals surface area contributed by atoms with Gasteiger partial charge < -0.3 is 11.1 Å². The van der Waals surface area contributed by atoms with Crippen LogP contribution in [-0.2, 0) is 0 Å². The lowest BCUT2D eigenvalue weighted by Gasteiger charge is -2.18. The van der Waals surface area contributed by atoms with Crippen LogP contribution in [0.25, 0.3) is 0 Å². The number of para-hydroxylation sites is 1. The molecule has 0 saturated heterocycles. The van der Waals surface area contributed by atoms with Crippen molar-refractivity contribution in [3.63, 3.8) is 0 Å². The van der Waals surface area contributed by atoms with E-state index in [1.54, 1.807) is 0 Å². The molecule has 96 valence electrons. The van der Waals surface area contributed by atoms with Crippen LogP contribution >= 0.6 is 22.9 Å². The van der Waals surface area contributed by atoms with Crippen LogP contribution in [0.5, 0.6) is 0 Å². The summed E-state index contributed by atoms with van der Waals surface area (Å²) in [5.74, 6) is 0. The van der Waals surface area contributed by atoms with Gasteiger partial charge in [0.05, 0.1) is 16.4 Å². The van der Waals surface area contributed by atoms with Crippen LogP contribution in [0.15, 0.2) is 24.3 Å². The summed E-state index contributed by atoms with van der Waals surface area (Å²) in [6.07, 6.45) is 0. The van der Waals surface area contributed by atoms with Gasteiger partial charge in [0, 0.05) is 15.8 Å². The molecule has 0 saturated carbocycles. The number of nitrogen functional groups attached to an aromatic ring is 1. The SMILES string of the molecule is Cc1cc(C(C)Nc2c(N)cccc2Cl)c(C)s1. The summed E-state index contributed by atoms with van der Waals surface area (Å²) in [7, 11) is 0. The maximum absolute atomic E-state index is 6.17. The van der Waals surface area contributed by atoms with E-state index >= 15 is 0 Å². The van der Waals surface area contributed by atoms with Crippen LogP contribution in [-0.4, -0.2) is 0 Å². The number of hydrogen-bond acceptors (Lipinski definition) is 3. The number of anilines is 2. The monoisotopic (exact) mass is 280 g/mol. The number of rotatable bonds is 3. The molecule has 0 bridgehead atoms. The van der Waals surface area contributed by atoms with Gasteiger partial charge in [0.2, 0.25) is 0 Å². The first kappa shape index (κ1) is 13.2. The summed E-state index contributed by atoms with van der Waals surface area (Å²) >= 11 is 7.98. The predicted octanol–water partition coefficient (Wildman–Crippen LogP) is 4.77. The van der Waals surface area contributed by atoms with Crippen LogP contribution in [0, 0.1) is 13.8 Å². The molecule has 2 nitrogen and oxygen atoms in total. The molecule has 0 aliphatic carbocycles. The van der Waals surface area contributed by atoms with Gasteiger partial charge in [-0.1, -0.05) is 17.7 Å². The van der Waals surface area contributed by atoms with E-state index in [0.29, 0.717) is 10.7 Å². The van der Waals surface area contributed by atoms with Crippen LogP contribution in [0.3, 0.4) is 0 Å². The molecule has 0 amide bonds. The molecule has 1 unspecified atom stereocenters. The normalized spacial score (nSPS) is 12.4. The lowest BCUT2D eigenvalue weighted by molar-refractivity contribution is 0.882. The second-order valence-corrected chi connectivity index (χ2v) is 6.31. The average molecular weight is 281 g/mol. The molecule has 0 fully saturated rings. The highest BCUT2D eigenvalue weighted by Crippen LogP contribution is 2.33. The molecule has 1 heterocycles. The van der Waals surface area contributed by atoms with E-state index in [1.165, 1.54) is 15.3 Å². The molecule has 0 radical (unpaired) electrons. The number of thiophene rings is 1. The molecule has 4 heteroatoms. The number of hydrogen-bond donors (Lipinski definition) is 2. The Morgan fingerprint density at radius 3 is 2.61 bits per heavy atom. The van der Waals surface area contributed by atoms with Crippen LogP contribution in [0.2, 0.25) is 5.02 Å². The zero-order chi connectivity index (χ0) is 13.3. The minimum atomic E-state index is 0.192. The highest BCUT2D eigenvalue weighted by atomic mass is 35.5. The fourth-order valence-electron chi connectivity index (χ4n) is 2.07. The van der Waals surface area contributed by atoms with Crippen molar-refractivity contribution in [2.75, 3.05) is 11.1 Å². The Morgan fingerprint density at radius 2 is 2.06 bits per heavy atom. The number of halogens is 1. The molecule has 18 heavy (non-hydrogen) atoms. The Hall–Kier alpha value is -1.19. The first-order chi connectivity index (χ1) is 8.49. The average Bonchev–Trinajstić information content (AvgIpc) is 2.63. The van der Waals surface area contributed by atoms with Gasteiger partial charge in [-0.05, 0) is 44.5 Å². The minimum absolute atomic E-state index is 0.192. The molecule has 3 N–H and O–H groups in total. The summed E-state index contributed by atoms with van der Waals surface area (Å²) in [5.41, 5.74) is 8.74. The van der Waals surface area contributed by atoms with E-state index in [-0.39, 0.29) is 6.04 Å². The van der Waals surface area contributed by atoms with Crippen LogP contribution < -0.4 is 11.1 Å². The first-order valence-corrected chi connectivity index (χ1v) is 7.06. The molecule has 1 aromatic heterocycles. The molecule has 0 spiro atoms. The highest BCUT2D eigenvalue weighted by molar-refractivity contribution is 7.12. The zero-order valence-corrected chi connectivity index (χ0v) is 12.3. The standard InChI is InChI=1S/C14H17ClN2S/c1-8-7-11(10(3)18-8)9(2)17-14-12(15)5-4-6-13(14)16/h4-7,9,17H,16H2,1-3H3. The van der Waals surface area contributed by atoms with Gasteiger partial charge >= 0.3 is 0 Å². The molecular formula is C14H17ClN2S. The largest absolute Gasteiger partial charge is 0.397 e. The minimum Gasteiger partial charge on any atom is -0.397 e. The molecule has 2 aromatic rings. The highest BCUT2D eigenvalue weighted by Gasteiger charge is 2.13. The fourth-order valence-corrected chi connectivity index (χ4v) is 3.33.